The maximum Gasteiger partial charge on any atom is 0.289 e. The van der Waals surface area contributed by atoms with E-state index in [1.54, 1.807) is 23.7 Å². The van der Waals surface area contributed by atoms with Crippen LogP contribution in [0.1, 0.15) is 17.0 Å². The van der Waals surface area contributed by atoms with Crippen molar-refractivity contribution in [1.29, 1.82) is 0 Å². The first-order valence-corrected chi connectivity index (χ1v) is 8.69. The van der Waals surface area contributed by atoms with E-state index in [2.05, 4.69) is 10.4 Å². The second kappa shape index (κ2) is 7.77. The van der Waals surface area contributed by atoms with Crippen LogP contribution in [-0.4, -0.2) is 20.6 Å². The average Bonchev–Trinajstić information content (AvgIpc) is 2.92. The van der Waals surface area contributed by atoms with Crippen molar-refractivity contribution in [3.05, 3.63) is 80.4 Å². The molecule has 0 fully saturated rings. The maximum absolute atomic E-state index is 13.1. The lowest BCUT2D eigenvalue weighted by Crippen LogP contribution is -2.15. The molecule has 2 aromatic carbocycles. The molecule has 0 aliphatic carbocycles. The molecule has 3 rings (SSSR count). The SMILES string of the molecule is Cc1nn(-c2ccc(F)cc2)c(C)c1CC(=O)Nc1ccc(Cl)c([N+](=O)[O-])c1. The molecule has 0 unspecified atom stereocenters. The number of amides is 1. The number of nitrogens with one attached hydrogen (secondary N) is 1. The van der Waals surface area contributed by atoms with Gasteiger partial charge in [0.15, 0.2) is 0 Å². The number of halogens is 2. The Kier molecular flexibility index (Phi) is 5.41. The van der Waals surface area contributed by atoms with Gasteiger partial charge in [-0.25, -0.2) is 9.07 Å². The van der Waals surface area contributed by atoms with Crippen LogP contribution in [0, 0.1) is 29.8 Å². The van der Waals surface area contributed by atoms with E-state index >= 15 is 0 Å². The van der Waals surface area contributed by atoms with Crippen LogP contribution >= 0.6 is 11.6 Å². The van der Waals surface area contributed by atoms with Gasteiger partial charge >= 0.3 is 0 Å². The third kappa shape index (κ3) is 4.01. The maximum atomic E-state index is 13.1. The Morgan fingerprint density at radius 1 is 1.25 bits per heavy atom. The molecule has 0 saturated heterocycles. The van der Waals surface area contributed by atoms with Gasteiger partial charge in [0.25, 0.3) is 5.69 Å². The highest BCUT2D eigenvalue weighted by Crippen LogP contribution is 2.27. The molecule has 9 heteroatoms. The topological polar surface area (TPSA) is 90.1 Å². The number of aromatic nitrogens is 2. The van der Waals surface area contributed by atoms with Crippen molar-refractivity contribution in [1.82, 2.24) is 9.78 Å². The zero-order valence-corrected chi connectivity index (χ0v) is 15.8. The summed E-state index contributed by atoms with van der Waals surface area (Å²) in [5, 5.41) is 18.0. The number of aryl methyl sites for hydroxylation is 1. The molecule has 0 radical (unpaired) electrons. The minimum Gasteiger partial charge on any atom is -0.326 e. The van der Waals surface area contributed by atoms with Gasteiger partial charge in [0.05, 0.1) is 22.7 Å². The lowest BCUT2D eigenvalue weighted by atomic mass is 10.1. The smallest absolute Gasteiger partial charge is 0.289 e. The van der Waals surface area contributed by atoms with Crippen LogP contribution in [0.3, 0.4) is 0 Å². The summed E-state index contributed by atoms with van der Waals surface area (Å²) in [6.07, 6.45) is 0.0370. The number of rotatable bonds is 5. The number of anilines is 1. The second-order valence-electron chi connectivity index (χ2n) is 6.19. The normalized spacial score (nSPS) is 10.7. The van der Waals surface area contributed by atoms with E-state index in [1.165, 1.54) is 30.3 Å². The van der Waals surface area contributed by atoms with Crippen LogP contribution in [0.4, 0.5) is 15.8 Å². The van der Waals surface area contributed by atoms with Crippen molar-refractivity contribution in [2.24, 2.45) is 0 Å². The molecule has 0 aliphatic heterocycles. The van der Waals surface area contributed by atoms with Crippen molar-refractivity contribution in [3.63, 3.8) is 0 Å². The van der Waals surface area contributed by atoms with Crippen molar-refractivity contribution >= 4 is 28.9 Å². The van der Waals surface area contributed by atoms with Gasteiger partial charge in [-0.15, -0.1) is 0 Å². The van der Waals surface area contributed by atoms with E-state index in [-0.39, 0.29) is 34.5 Å². The number of carbonyl (C=O) groups is 1. The molecular weight excluding hydrogens is 387 g/mol. The summed E-state index contributed by atoms with van der Waals surface area (Å²) in [7, 11) is 0. The average molecular weight is 403 g/mol. The van der Waals surface area contributed by atoms with E-state index in [1.807, 2.05) is 6.92 Å². The Hall–Kier alpha value is -3.26. The third-order valence-corrected chi connectivity index (χ3v) is 4.60. The highest BCUT2D eigenvalue weighted by molar-refractivity contribution is 6.32. The number of nitrogens with zero attached hydrogens (tertiary/aromatic N) is 3. The standard InChI is InChI=1S/C19H16ClFN4O3/c1-11-16(12(2)24(23-11)15-6-3-13(21)4-7-15)10-19(26)22-14-5-8-17(20)18(9-14)25(27)28/h3-9H,10H2,1-2H3,(H,22,26). The van der Waals surface area contributed by atoms with E-state index in [9.17, 15) is 19.3 Å². The van der Waals surface area contributed by atoms with E-state index in [0.717, 1.165) is 11.3 Å². The predicted octanol–water partition coefficient (Wildman–Crippen LogP) is 4.37. The van der Waals surface area contributed by atoms with Gasteiger partial charge in [-0.3, -0.25) is 14.9 Å². The number of nitro benzene ring substituents is 1. The van der Waals surface area contributed by atoms with Crippen molar-refractivity contribution in [2.45, 2.75) is 20.3 Å². The minimum atomic E-state index is -0.612. The molecule has 1 aromatic heterocycles. The first kappa shape index (κ1) is 19.5. The molecule has 0 spiro atoms. The highest BCUT2D eigenvalue weighted by Gasteiger charge is 2.18. The van der Waals surface area contributed by atoms with Crippen molar-refractivity contribution in [2.75, 3.05) is 5.32 Å². The van der Waals surface area contributed by atoms with Crippen molar-refractivity contribution < 1.29 is 14.1 Å². The molecule has 1 heterocycles. The second-order valence-corrected chi connectivity index (χ2v) is 6.59. The third-order valence-electron chi connectivity index (χ3n) is 4.28. The van der Waals surface area contributed by atoms with E-state index in [4.69, 9.17) is 11.6 Å². The predicted molar refractivity (Wildman–Crippen MR) is 103 cm³/mol. The quantitative estimate of drug-likeness (QED) is 0.506. The molecule has 1 N–H and O–H groups in total. The molecule has 0 atom stereocenters. The fourth-order valence-corrected chi connectivity index (χ4v) is 3.05. The number of benzene rings is 2. The highest BCUT2D eigenvalue weighted by atomic mass is 35.5. The van der Waals surface area contributed by atoms with Crippen LogP contribution in [0.15, 0.2) is 42.5 Å². The Bertz CT molecular complexity index is 1060. The van der Waals surface area contributed by atoms with Crippen LogP contribution in [0.2, 0.25) is 5.02 Å². The largest absolute Gasteiger partial charge is 0.326 e. The lowest BCUT2D eigenvalue weighted by Gasteiger charge is -2.07. The molecule has 0 saturated carbocycles. The van der Waals surface area contributed by atoms with Gasteiger partial charge in [0.1, 0.15) is 10.8 Å². The van der Waals surface area contributed by atoms with Crippen LogP contribution < -0.4 is 5.32 Å². The first-order valence-electron chi connectivity index (χ1n) is 8.31. The van der Waals surface area contributed by atoms with Gasteiger partial charge in [0.2, 0.25) is 5.91 Å². The Labute approximate surface area is 164 Å². The van der Waals surface area contributed by atoms with E-state index < -0.39 is 4.92 Å². The van der Waals surface area contributed by atoms with Crippen LogP contribution in [0.25, 0.3) is 5.69 Å². The van der Waals surface area contributed by atoms with Gasteiger partial charge in [0, 0.05) is 23.0 Å². The van der Waals surface area contributed by atoms with Gasteiger partial charge in [-0.2, -0.15) is 5.10 Å². The number of nitro groups is 1. The summed E-state index contributed by atoms with van der Waals surface area (Å²) in [6.45, 7) is 3.60. The first-order chi connectivity index (χ1) is 13.3. The summed E-state index contributed by atoms with van der Waals surface area (Å²) < 4.78 is 14.8. The molecular formula is C19H16ClFN4O3. The Balaban J connectivity index is 1.80. The molecule has 0 bridgehead atoms. The fourth-order valence-electron chi connectivity index (χ4n) is 2.86. The zero-order valence-electron chi connectivity index (χ0n) is 15.1. The minimum absolute atomic E-state index is 0.00439. The molecule has 144 valence electrons. The molecule has 0 aliphatic rings. The summed E-state index contributed by atoms with van der Waals surface area (Å²) in [5.41, 5.74) is 2.82. The van der Waals surface area contributed by atoms with Gasteiger partial charge in [-0.1, -0.05) is 11.6 Å². The van der Waals surface area contributed by atoms with Crippen LogP contribution in [0.5, 0.6) is 0 Å². The number of hydrogen-bond acceptors (Lipinski definition) is 4. The lowest BCUT2D eigenvalue weighted by molar-refractivity contribution is -0.384. The molecule has 28 heavy (non-hydrogen) atoms. The van der Waals surface area contributed by atoms with Gasteiger partial charge < -0.3 is 5.32 Å². The molecule has 7 nitrogen and oxygen atoms in total. The number of hydrogen-bond donors (Lipinski definition) is 1. The molecule has 3 aromatic rings. The van der Waals surface area contributed by atoms with Crippen LogP contribution in [-0.2, 0) is 11.2 Å². The Morgan fingerprint density at radius 3 is 2.57 bits per heavy atom. The molecule has 1 amide bonds. The number of carbonyl (C=O) groups excluding carboxylic acids is 1. The summed E-state index contributed by atoms with van der Waals surface area (Å²) in [4.78, 5) is 22.8. The van der Waals surface area contributed by atoms with E-state index in [0.29, 0.717) is 11.4 Å². The summed E-state index contributed by atoms with van der Waals surface area (Å²) in [6, 6.07) is 9.95. The fraction of sp³-hybridized carbons (Fsp3) is 0.158. The summed E-state index contributed by atoms with van der Waals surface area (Å²) in [5.74, 6) is -0.691. The van der Waals surface area contributed by atoms with Crippen molar-refractivity contribution in [3.8, 4) is 5.69 Å². The Morgan fingerprint density at radius 2 is 1.93 bits per heavy atom. The van der Waals surface area contributed by atoms with Gasteiger partial charge in [-0.05, 0) is 50.2 Å². The zero-order chi connectivity index (χ0) is 20.4. The summed E-state index contributed by atoms with van der Waals surface area (Å²) >= 11 is 5.78. The monoisotopic (exact) mass is 402 g/mol.